The predicted octanol–water partition coefficient (Wildman–Crippen LogP) is 5.17. The summed E-state index contributed by atoms with van der Waals surface area (Å²) in [5.41, 5.74) is 0.865. The minimum Gasteiger partial charge on any atom is -0.495 e. The standard InChI is InChI=1S/C13H8Br2Cl2N2O2/c1-21-11-4-10(7(14)3-8(11)15)19-13(20)6-2-9(16)12(17)18-5-6/h2-5H,1H3,(H,19,20). The Balaban J connectivity index is 2.29. The predicted molar refractivity (Wildman–Crippen MR) is 90.6 cm³/mol. The number of hydrogen-bond donors (Lipinski definition) is 1. The second kappa shape index (κ2) is 6.96. The Hall–Kier alpha value is -0.820. The third-order valence-electron chi connectivity index (χ3n) is 2.55. The summed E-state index contributed by atoms with van der Waals surface area (Å²) in [5, 5.41) is 3.12. The van der Waals surface area contributed by atoms with Gasteiger partial charge < -0.3 is 10.1 Å². The molecule has 1 aromatic heterocycles. The van der Waals surface area contributed by atoms with Gasteiger partial charge in [0.25, 0.3) is 5.91 Å². The van der Waals surface area contributed by atoms with Crippen molar-refractivity contribution < 1.29 is 9.53 Å². The lowest BCUT2D eigenvalue weighted by Crippen LogP contribution is -2.13. The molecule has 0 aliphatic rings. The van der Waals surface area contributed by atoms with E-state index in [4.69, 9.17) is 27.9 Å². The number of hydrogen-bond acceptors (Lipinski definition) is 3. The molecule has 1 amide bonds. The maximum atomic E-state index is 12.2. The van der Waals surface area contributed by atoms with E-state index in [1.165, 1.54) is 12.3 Å². The van der Waals surface area contributed by atoms with Crippen molar-refractivity contribution in [3.05, 3.63) is 49.1 Å². The van der Waals surface area contributed by atoms with E-state index in [1.54, 1.807) is 19.2 Å². The first kappa shape index (κ1) is 16.5. The maximum absolute atomic E-state index is 12.2. The van der Waals surface area contributed by atoms with Crippen LogP contribution in [0.15, 0.2) is 33.3 Å². The van der Waals surface area contributed by atoms with E-state index in [9.17, 15) is 4.79 Å². The van der Waals surface area contributed by atoms with Crippen LogP contribution in [0, 0.1) is 0 Å². The van der Waals surface area contributed by atoms with E-state index in [1.807, 2.05) is 0 Å². The van der Waals surface area contributed by atoms with Gasteiger partial charge in [0.15, 0.2) is 0 Å². The quantitative estimate of drug-likeness (QED) is 0.650. The molecule has 1 heterocycles. The fourth-order valence-corrected chi connectivity index (χ4v) is 3.05. The number of rotatable bonds is 3. The van der Waals surface area contributed by atoms with E-state index < -0.39 is 0 Å². The number of nitrogens with zero attached hydrogens (tertiary/aromatic N) is 1. The monoisotopic (exact) mass is 452 g/mol. The molecular formula is C13H8Br2Cl2N2O2. The first-order chi connectivity index (χ1) is 9.92. The summed E-state index contributed by atoms with van der Waals surface area (Å²) >= 11 is 18.3. The molecule has 0 fully saturated rings. The molecular weight excluding hydrogens is 447 g/mol. The number of methoxy groups -OCH3 is 1. The van der Waals surface area contributed by atoms with Crippen LogP contribution in [0.4, 0.5) is 5.69 Å². The first-order valence-corrected chi connectivity index (χ1v) is 7.92. The van der Waals surface area contributed by atoms with Crippen LogP contribution in [0.3, 0.4) is 0 Å². The summed E-state index contributed by atoms with van der Waals surface area (Å²) in [7, 11) is 1.54. The van der Waals surface area contributed by atoms with Crippen molar-refractivity contribution >= 4 is 66.7 Å². The Morgan fingerprint density at radius 3 is 2.57 bits per heavy atom. The van der Waals surface area contributed by atoms with Crippen molar-refractivity contribution in [2.75, 3.05) is 12.4 Å². The van der Waals surface area contributed by atoms with Gasteiger partial charge in [-0.15, -0.1) is 0 Å². The Labute approximate surface area is 148 Å². The van der Waals surface area contributed by atoms with Gasteiger partial charge in [0.2, 0.25) is 0 Å². The molecule has 8 heteroatoms. The zero-order valence-electron chi connectivity index (χ0n) is 10.6. The highest BCUT2D eigenvalue weighted by Gasteiger charge is 2.13. The number of ether oxygens (including phenoxy) is 1. The van der Waals surface area contributed by atoms with Gasteiger partial charge in [0.1, 0.15) is 10.9 Å². The van der Waals surface area contributed by atoms with Crippen LogP contribution < -0.4 is 10.1 Å². The first-order valence-electron chi connectivity index (χ1n) is 5.57. The van der Waals surface area contributed by atoms with Crippen molar-refractivity contribution in [2.45, 2.75) is 0 Å². The normalized spacial score (nSPS) is 10.3. The number of carbonyl (C=O) groups is 1. The summed E-state index contributed by atoms with van der Waals surface area (Å²) in [6, 6.07) is 4.93. The van der Waals surface area contributed by atoms with Gasteiger partial charge in [-0.2, -0.15) is 0 Å². The second-order valence-corrected chi connectivity index (χ2v) is 6.39. The number of amides is 1. The zero-order chi connectivity index (χ0) is 15.6. The van der Waals surface area contributed by atoms with Gasteiger partial charge in [-0.05, 0) is 44.0 Å². The van der Waals surface area contributed by atoms with E-state index in [2.05, 4.69) is 42.2 Å². The number of aromatic nitrogens is 1. The van der Waals surface area contributed by atoms with E-state index >= 15 is 0 Å². The third kappa shape index (κ3) is 3.88. The number of nitrogens with one attached hydrogen (secondary N) is 1. The summed E-state index contributed by atoms with van der Waals surface area (Å²) < 4.78 is 6.67. The molecule has 2 aromatic rings. The summed E-state index contributed by atoms with van der Waals surface area (Å²) in [5.74, 6) is 0.243. The highest BCUT2D eigenvalue weighted by Crippen LogP contribution is 2.34. The molecule has 1 aromatic carbocycles. The molecule has 2 rings (SSSR count). The molecule has 0 saturated carbocycles. The Morgan fingerprint density at radius 1 is 1.24 bits per heavy atom. The number of anilines is 1. The molecule has 0 aliphatic heterocycles. The van der Waals surface area contributed by atoms with Crippen LogP contribution in [-0.2, 0) is 0 Å². The Kier molecular flexibility index (Phi) is 5.48. The van der Waals surface area contributed by atoms with Gasteiger partial charge in [-0.25, -0.2) is 4.98 Å². The Bertz CT molecular complexity index is 711. The van der Waals surface area contributed by atoms with E-state index in [0.717, 1.165) is 4.47 Å². The Morgan fingerprint density at radius 2 is 1.95 bits per heavy atom. The van der Waals surface area contributed by atoms with Crippen molar-refractivity contribution in [3.8, 4) is 5.75 Å². The van der Waals surface area contributed by atoms with Gasteiger partial charge >= 0.3 is 0 Å². The van der Waals surface area contributed by atoms with Crippen LogP contribution in [0.2, 0.25) is 10.2 Å². The molecule has 1 N–H and O–H groups in total. The fraction of sp³-hybridized carbons (Fsp3) is 0.0769. The van der Waals surface area contributed by atoms with Crippen molar-refractivity contribution in [3.63, 3.8) is 0 Å². The van der Waals surface area contributed by atoms with Gasteiger partial charge in [0.05, 0.1) is 27.9 Å². The molecule has 0 saturated heterocycles. The second-order valence-electron chi connectivity index (χ2n) is 3.92. The lowest BCUT2D eigenvalue weighted by atomic mass is 10.2. The average molecular weight is 455 g/mol. The molecule has 0 spiro atoms. The van der Waals surface area contributed by atoms with Crippen LogP contribution in [0.25, 0.3) is 0 Å². The summed E-state index contributed by atoms with van der Waals surface area (Å²) in [6.45, 7) is 0. The highest BCUT2D eigenvalue weighted by atomic mass is 79.9. The number of halogens is 4. The van der Waals surface area contributed by atoms with E-state index in [0.29, 0.717) is 21.5 Å². The minimum atomic E-state index is -0.355. The molecule has 0 atom stereocenters. The third-order valence-corrected chi connectivity index (χ3v) is 4.51. The number of benzene rings is 1. The lowest BCUT2D eigenvalue weighted by Gasteiger charge is -2.11. The summed E-state index contributed by atoms with van der Waals surface area (Å²) in [4.78, 5) is 16.0. The maximum Gasteiger partial charge on any atom is 0.257 e. The summed E-state index contributed by atoms with van der Waals surface area (Å²) in [6.07, 6.45) is 1.35. The molecule has 4 nitrogen and oxygen atoms in total. The van der Waals surface area contributed by atoms with E-state index in [-0.39, 0.29) is 16.1 Å². The molecule has 0 radical (unpaired) electrons. The molecule has 110 valence electrons. The molecule has 0 bridgehead atoms. The van der Waals surface area contributed by atoms with Crippen molar-refractivity contribution in [1.82, 2.24) is 4.98 Å². The molecule has 0 unspecified atom stereocenters. The van der Waals surface area contributed by atoms with Crippen molar-refractivity contribution in [1.29, 1.82) is 0 Å². The SMILES string of the molecule is COc1cc(NC(=O)c2cnc(Cl)c(Cl)c2)c(Br)cc1Br. The van der Waals surface area contributed by atoms with Crippen LogP contribution in [0.1, 0.15) is 10.4 Å². The van der Waals surface area contributed by atoms with Crippen LogP contribution in [-0.4, -0.2) is 18.0 Å². The number of pyridine rings is 1. The minimum absolute atomic E-state index is 0.153. The fourth-order valence-electron chi connectivity index (χ4n) is 1.52. The number of carbonyl (C=O) groups excluding carboxylic acids is 1. The molecule has 21 heavy (non-hydrogen) atoms. The van der Waals surface area contributed by atoms with Crippen LogP contribution >= 0.6 is 55.1 Å². The lowest BCUT2D eigenvalue weighted by molar-refractivity contribution is 0.102. The zero-order valence-corrected chi connectivity index (χ0v) is 15.3. The highest BCUT2D eigenvalue weighted by molar-refractivity contribution is 9.11. The van der Waals surface area contributed by atoms with Crippen LogP contribution in [0.5, 0.6) is 5.75 Å². The molecule has 0 aliphatic carbocycles. The average Bonchev–Trinajstić information content (AvgIpc) is 2.44. The van der Waals surface area contributed by atoms with Crippen molar-refractivity contribution in [2.24, 2.45) is 0 Å². The topological polar surface area (TPSA) is 51.2 Å². The smallest absolute Gasteiger partial charge is 0.257 e. The largest absolute Gasteiger partial charge is 0.495 e. The van der Waals surface area contributed by atoms with Gasteiger partial charge in [0, 0.05) is 16.7 Å². The van der Waals surface area contributed by atoms with Gasteiger partial charge in [-0.1, -0.05) is 23.2 Å². The van der Waals surface area contributed by atoms with Gasteiger partial charge in [-0.3, -0.25) is 4.79 Å².